The fraction of sp³-hybridized carbons (Fsp3) is 0.321. The molecule has 0 amide bonds. The Morgan fingerprint density at radius 2 is 1.91 bits per heavy atom. The summed E-state index contributed by atoms with van der Waals surface area (Å²) in [7, 11) is 0. The fourth-order valence-corrected chi connectivity index (χ4v) is 5.27. The van der Waals surface area contributed by atoms with E-state index in [0.29, 0.717) is 5.88 Å². The van der Waals surface area contributed by atoms with Gasteiger partial charge in [0, 0.05) is 34.3 Å². The van der Waals surface area contributed by atoms with Gasteiger partial charge in [-0.05, 0) is 48.9 Å². The number of rotatable bonds is 6. The lowest BCUT2D eigenvalue weighted by Gasteiger charge is -2.10. The minimum atomic E-state index is -0.796. The summed E-state index contributed by atoms with van der Waals surface area (Å²) in [6, 6.07) is 13.0. The average molecular weight is 502 g/mol. The van der Waals surface area contributed by atoms with Crippen LogP contribution in [0.25, 0.3) is 22.0 Å². The summed E-state index contributed by atoms with van der Waals surface area (Å²) in [4.78, 5) is 12.4. The van der Waals surface area contributed by atoms with Gasteiger partial charge in [0.25, 0.3) is 0 Å². The highest BCUT2D eigenvalue weighted by atomic mass is 35.5. The number of benzene rings is 2. The van der Waals surface area contributed by atoms with Crippen molar-refractivity contribution in [1.82, 2.24) is 4.57 Å². The molecule has 6 heteroatoms. The first kappa shape index (κ1) is 27.7. The number of aliphatic carboxylic acids is 1. The van der Waals surface area contributed by atoms with Gasteiger partial charge in [-0.1, -0.05) is 74.2 Å². The van der Waals surface area contributed by atoms with Crippen molar-refractivity contribution in [1.29, 1.82) is 0 Å². The van der Waals surface area contributed by atoms with Crippen molar-refractivity contribution in [2.75, 3.05) is 5.88 Å². The Morgan fingerprint density at radius 3 is 2.47 bits per heavy atom. The Hall–Kier alpha value is -2.50. The van der Waals surface area contributed by atoms with Crippen LogP contribution in [0.2, 0.25) is 0 Å². The predicted molar refractivity (Wildman–Crippen MR) is 144 cm³/mol. The van der Waals surface area contributed by atoms with E-state index in [-0.39, 0.29) is 18.2 Å². The second-order valence-electron chi connectivity index (χ2n) is 7.47. The van der Waals surface area contributed by atoms with Gasteiger partial charge in [-0.3, -0.25) is 4.79 Å². The molecule has 2 aromatic carbocycles. The molecular formula is C28H33ClFNO2S. The first-order chi connectivity index (χ1) is 16.5. The lowest BCUT2D eigenvalue weighted by Crippen LogP contribution is -2.04. The van der Waals surface area contributed by atoms with Crippen LogP contribution in [-0.2, 0) is 11.3 Å². The summed E-state index contributed by atoms with van der Waals surface area (Å²) in [6.45, 7) is 8.62. The summed E-state index contributed by atoms with van der Waals surface area (Å²) in [5.74, 6) is -0.480. The van der Waals surface area contributed by atoms with Gasteiger partial charge in [0.2, 0.25) is 0 Å². The van der Waals surface area contributed by atoms with Crippen molar-refractivity contribution in [3.05, 3.63) is 77.6 Å². The van der Waals surface area contributed by atoms with Crippen molar-refractivity contribution in [2.45, 2.75) is 57.9 Å². The molecule has 0 saturated carbocycles. The quantitative estimate of drug-likeness (QED) is 0.208. The van der Waals surface area contributed by atoms with E-state index in [1.807, 2.05) is 81.7 Å². The maximum atomic E-state index is 14.5. The van der Waals surface area contributed by atoms with E-state index < -0.39 is 5.97 Å². The van der Waals surface area contributed by atoms with E-state index in [0.717, 1.165) is 45.6 Å². The first-order valence-corrected chi connectivity index (χ1v) is 13.0. The van der Waals surface area contributed by atoms with Crippen LogP contribution in [0.4, 0.5) is 4.39 Å². The van der Waals surface area contributed by atoms with E-state index in [1.165, 1.54) is 0 Å². The molecule has 0 bridgehead atoms. The number of fused-ring (bicyclic) bond motifs is 3. The monoisotopic (exact) mass is 501 g/mol. The maximum absolute atomic E-state index is 14.5. The Balaban J connectivity index is 0.000000520. The van der Waals surface area contributed by atoms with Gasteiger partial charge in [0.05, 0.1) is 11.9 Å². The van der Waals surface area contributed by atoms with Crippen molar-refractivity contribution < 1.29 is 14.3 Å². The Labute approximate surface area is 211 Å². The number of thioether (sulfide) groups is 1. The first-order valence-electron chi connectivity index (χ1n) is 11.6. The van der Waals surface area contributed by atoms with Gasteiger partial charge in [0.1, 0.15) is 5.82 Å². The third-order valence-corrected chi connectivity index (χ3v) is 6.60. The lowest BCUT2D eigenvalue weighted by atomic mass is 9.97. The molecule has 1 N–H and O–H groups in total. The van der Waals surface area contributed by atoms with E-state index in [1.54, 1.807) is 23.9 Å². The van der Waals surface area contributed by atoms with Crippen LogP contribution in [0.15, 0.2) is 71.0 Å². The molecule has 0 fully saturated rings. The van der Waals surface area contributed by atoms with Gasteiger partial charge >= 0.3 is 5.97 Å². The SMILES string of the molecule is C/C=C/Sc1c2n(c3cc(F)cc(-c4ccccc4)c13)CCC2CC(=O)O.C/C=C\CCl.CC. The highest BCUT2D eigenvalue weighted by Crippen LogP contribution is 2.48. The van der Waals surface area contributed by atoms with E-state index in [2.05, 4.69) is 4.57 Å². The fourth-order valence-electron chi connectivity index (χ4n) is 4.09. The minimum absolute atomic E-state index is 0.0469. The molecule has 34 heavy (non-hydrogen) atoms. The number of allylic oxidation sites excluding steroid dienone is 3. The molecule has 1 aliphatic heterocycles. The highest BCUT2D eigenvalue weighted by molar-refractivity contribution is 8.02. The smallest absolute Gasteiger partial charge is 0.304 e. The van der Waals surface area contributed by atoms with Crippen LogP contribution in [0.3, 0.4) is 0 Å². The van der Waals surface area contributed by atoms with Gasteiger partial charge in [-0.2, -0.15) is 0 Å². The molecule has 4 rings (SSSR count). The Morgan fingerprint density at radius 1 is 1.21 bits per heavy atom. The molecule has 3 aromatic rings. The van der Waals surface area contributed by atoms with Crippen LogP contribution in [-0.4, -0.2) is 21.5 Å². The largest absolute Gasteiger partial charge is 0.481 e. The number of hydrogen-bond acceptors (Lipinski definition) is 2. The van der Waals surface area contributed by atoms with E-state index in [9.17, 15) is 14.3 Å². The number of aryl methyl sites for hydroxylation is 1. The standard InChI is InChI=1S/C22H20FNO2S.C4H7Cl.C2H6/c1-2-10-27-22-20-17(14-6-4-3-5-7-14)12-16(23)13-18(20)24-9-8-15(21(22)24)11-19(25)26;1-2-3-4-5;1-2/h2-7,10,12-13,15H,8-9,11H2,1H3,(H,25,26);2-3H,4H2,1H3;1-2H3/b10-2+;3-2-;. The number of halogens is 2. The number of carboxylic acids is 1. The molecule has 0 saturated heterocycles. The molecule has 182 valence electrons. The highest BCUT2D eigenvalue weighted by Gasteiger charge is 2.32. The summed E-state index contributed by atoms with van der Waals surface area (Å²) in [5.41, 5.74) is 3.69. The van der Waals surface area contributed by atoms with Crippen LogP contribution in [0.1, 0.15) is 52.1 Å². The van der Waals surface area contributed by atoms with Gasteiger partial charge in [-0.25, -0.2) is 4.39 Å². The summed E-state index contributed by atoms with van der Waals surface area (Å²) in [6.07, 6.45) is 6.66. The molecule has 1 unspecified atom stereocenters. The molecule has 1 aromatic heterocycles. The van der Waals surface area contributed by atoms with Crippen molar-refractivity contribution >= 4 is 40.2 Å². The zero-order valence-corrected chi connectivity index (χ0v) is 21.8. The minimum Gasteiger partial charge on any atom is -0.481 e. The number of aromatic nitrogens is 1. The molecule has 0 radical (unpaired) electrons. The Bertz CT molecular complexity index is 1140. The summed E-state index contributed by atoms with van der Waals surface area (Å²) < 4.78 is 16.6. The van der Waals surface area contributed by atoms with E-state index >= 15 is 0 Å². The topological polar surface area (TPSA) is 42.2 Å². The molecule has 0 aliphatic carbocycles. The summed E-state index contributed by atoms with van der Waals surface area (Å²) >= 11 is 6.81. The zero-order chi connectivity index (χ0) is 25.1. The lowest BCUT2D eigenvalue weighted by molar-refractivity contribution is -0.137. The second-order valence-corrected chi connectivity index (χ2v) is 8.70. The van der Waals surface area contributed by atoms with Crippen molar-refractivity contribution in [3.63, 3.8) is 0 Å². The van der Waals surface area contributed by atoms with Crippen LogP contribution < -0.4 is 0 Å². The van der Waals surface area contributed by atoms with Crippen LogP contribution in [0, 0.1) is 5.82 Å². The molecule has 1 atom stereocenters. The van der Waals surface area contributed by atoms with Crippen molar-refractivity contribution in [3.8, 4) is 11.1 Å². The van der Waals surface area contributed by atoms with Gasteiger partial charge in [0.15, 0.2) is 0 Å². The second kappa shape index (κ2) is 14.0. The number of carboxylic acid groups (broad SMARTS) is 1. The molecular weight excluding hydrogens is 469 g/mol. The number of hydrogen-bond donors (Lipinski definition) is 1. The van der Waals surface area contributed by atoms with Crippen LogP contribution in [0.5, 0.6) is 0 Å². The molecule has 3 nitrogen and oxygen atoms in total. The molecule has 2 heterocycles. The van der Waals surface area contributed by atoms with Crippen molar-refractivity contribution in [2.24, 2.45) is 0 Å². The van der Waals surface area contributed by atoms with E-state index in [4.69, 9.17) is 11.6 Å². The Kier molecular flexibility index (Phi) is 11.4. The number of carbonyl (C=O) groups is 1. The third kappa shape index (κ3) is 6.55. The van der Waals surface area contributed by atoms with Gasteiger partial charge in [-0.15, -0.1) is 11.6 Å². The average Bonchev–Trinajstić information content (AvgIpc) is 3.38. The van der Waals surface area contributed by atoms with Crippen LogP contribution >= 0.6 is 23.4 Å². The van der Waals surface area contributed by atoms with Gasteiger partial charge < -0.3 is 9.67 Å². The summed E-state index contributed by atoms with van der Waals surface area (Å²) in [5, 5.41) is 12.3. The number of nitrogens with zero attached hydrogens (tertiary/aromatic N) is 1. The zero-order valence-electron chi connectivity index (χ0n) is 20.2. The predicted octanol–water partition coefficient (Wildman–Crippen LogP) is 8.86. The third-order valence-electron chi connectivity index (χ3n) is 5.36. The normalized spacial score (nSPS) is 14.6. The molecule has 0 spiro atoms. The maximum Gasteiger partial charge on any atom is 0.304 e. The molecule has 1 aliphatic rings. The number of alkyl halides is 1.